The predicted molar refractivity (Wildman–Crippen MR) is 51.9 cm³/mol. The van der Waals surface area contributed by atoms with Gasteiger partial charge in [-0.05, 0) is 18.2 Å². The molecule has 0 N–H and O–H groups in total. The molecule has 0 aromatic heterocycles. The van der Waals surface area contributed by atoms with Gasteiger partial charge in [0.15, 0.2) is 0 Å². The Morgan fingerprint density at radius 1 is 1.41 bits per heavy atom. The summed E-state index contributed by atoms with van der Waals surface area (Å²) < 4.78 is 54.4. The molecule has 0 aliphatic carbocycles. The van der Waals surface area contributed by atoms with Crippen LogP contribution in [0, 0.1) is 5.82 Å². The van der Waals surface area contributed by atoms with Gasteiger partial charge in [-0.2, -0.15) is 13.2 Å². The molecule has 1 rings (SSSR count). The van der Waals surface area contributed by atoms with Crippen LogP contribution < -0.4 is 0 Å². The van der Waals surface area contributed by atoms with Gasteiger partial charge in [0.1, 0.15) is 12.4 Å². The van der Waals surface area contributed by atoms with Gasteiger partial charge in [0.25, 0.3) is 0 Å². The zero-order valence-electron chi connectivity index (χ0n) is 8.55. The van der Waals surface area contributed by atoms with Gasteiger partial charge in [-0.15, -0.1) is 0 Å². The van der Waals surface area contributed by atoms with Gasteiger partial charge < -0.3 is 4.74 Å². The number of carbonyl (C=O) groups excluding carboxylic acids is 1. The van der Waals surface area contributed by atoms with E-state index in [4.69, 9.17) is 0 Å². The van der Waals surface area contributed by atoms with E-state index in [1.54, 1.807) is 0 Å². The molecule has 0 radical (unpaired) electrons. The highest BCUT2D eigenvalue weighted by Crippen LogP contribution is 2.31. The van der Waals surface area contributed by atoms with Crippen LogP contribution >= 0.6 is 0 Å². The molecule has 0 unspecified atom stereocenters. The molecule has 0 saturated heterocycles. The summed E-state index contributed by atoms with van der Waals surface area (Å²) in [5, 5.41) is 0. The number of benzene rings is 1. The molecule has 0 atom stereocenters. The van der Waals surface area contributed by atoms with Gasteiger partial charge in [-0.25, -0.2) is 9.18 Å². The third kappa shape index (κ3) is 3.30. The largest absolute Gasteiger partial charge is 0.458 e. The van der Waals surface area contributed by atoms with E-state index in [9.17, 15) is 22.4 Å². The molecular formula is C11H8F4O2. The van der Waals surface area contributed by atoms with Crippen LogP contribution in [0.15, 0.2) is 30.9 Å². The zero-order valence-corrected chi connectivity index (χ0v) is 8.55. The van der Waals surface area contributed by atoms with E-state index < -0.39 is 23.5 Å². The summed E-state index contributed by atoms with van der Waals surface area (Å²) in [6, 6.07) is 1.92. The maximum absolute atomic E-state index is 12.9. The van der Waals surface area contributed by atoms with Crippen LogP contribution in [0.2, 0.25) is 0 Å². The predicted octanol–water partition coefficient (Wildman–Crippen LogP) is 3.19. The minimum atomic E-state index is -4.85. The molecule has 92 valence electrons. The molecule has 1 aromatic carbocycles. The molecule has 0 saturated carbocycles. The van der Waals surface area contributed by atoms with Crippen LogP contribution in [0.1, 0.15) is 15.9 Å². The second-order valence-electron chi connectivity index (χ2n) is 3.08. The minimum absolute atomic E-state index is 0.127. The molecular weight excluding hydrogens is 240 g/mol. The van der Waals surface area contributed by atoms with E-state index in [-0.39, 0.29) is 12.2 Å². The van der Waals surface area contributed by atoms with E-state index in [1.807, 2.05) is 0 Å². The number of carbonyl (C=O) groups is 1. The van der Waals surface area contributed by atoms with Crippen molar-refractivity contribution >= 4 is 5.97 Å². The lowest BCUT2D eigenvalue weighted by Crippen LogP contribution is -2.12. The average Bonchev–Trinajstić information content (AvgIpc) is 2.25. The van der Waals surface area contributed by atoms with Crippen molar-refractivity contribution in [3.05, 3.63) is 47.8 Å². The Morgan fingerprint density at radius 2 is 2.06 bits per heavy atom. The van der Waals surface area contributed by atoms with Crippen molar-refractivity contribution in [2.45, 2.75) is 6.18 Å². The van der Waals surface area contributed by atoms with E-state index in [0.717, 1.165) is 6.07 Å². The second-order valence-corrected chi connectivity index (χ2v) is 3.08. The topological polar surface area (TPSA) is 26.3 Å². The molecule has 17 heavy (non-hydrogen) atoms. The number of ether oxygens (including phenoxy) is 1. The molecule has 0 amide bonds. The van der Waals surface area contributed by atoms with Crippen LogP contribution in [0.25, 0.3) is 0 Å². The highest BCUT2D eigenvalue weighted by molar-refractivity contribution is 5.89. The lowest BCUT2D eigenvalue weighted by molar-refractivity contribution is -0.140. The lowest BCUT2D eigenvalue weighted by atomic mass is 10.1. The lowest BCUT2D eigenvalue weighted by Gasteiger charge is -2.09. The Hall–Kier alpha value is -1.85. The first-order valence-corrected chi connectivity index (χ1v) is 4.51. The van der Waals surface area contributed by atoms with Crippen LogP contribution in [-0.4, -0.2) is 12.6 Å². The average molecular weight is 248 g/mol. The smallest absolute Gasteiger partial charge is 0.419 e. The molecule has 0 fully saturated rings. The Morgan fingerprint density at radius 3 is 2.59 bits per heavy atom. The van der Waals surface area contributed by atoms with Gasteiger partial charge in [0.05, 0.1) is 11.1 Å². The van der Waals surface area contributed by atoms with Crippen molar-refractivity contribution in [3.8, 4) is 0 Å². The molecule has 0 bridgehead atoms. The molecule has 0 aliphatic heterocycles. The summed E-state index contributed by atoms with van der Waals surface area (Å²) in [7, 11) is 0. The quantitative estimate of drug-likeness (QED) is 0.466. The number of hydrogen-bond donors (Lipinski definition) is 0. The standard InChI is InChI=1S/C11H8F4O2/c1-2-5-17-10(16)7-3-4-9(12)8(6-7)11(13,14)15/h2-4,6H,1,5H2. The highest BCUT2D eigenvalue weighted by Gasteiger charge is 2.34. The van der Waals surface area contributed by atoms with Gasteiger partial charge in [-0.1, -0.05) is 12.7 Å². The van der Waals surface area contributed by atoms with E-state index in [2.05, 4.69) is 11.3 Å². The summed E-state index contributed by atoms with van der Waals surface area (Å²) in [5.41, 5.74) is -1.86. The highest BCUT2D eigenvalue weighted by atomic mass is 19.4. The molecule has 6 heteroatoms. The summed E-state index contributed by atoms with van der Waals surface area (Å²) in [6.45, 7) is 3.15. The summed E-state index contributed by atoms with van der Waals surface area (Å²) in [5.74, 6) is -2.40. The van der Waals surface area contributed by atoms with E-state index in [1.165, 1.54) is 6.08 Å². The monoisotopic (exact) mass is 248 g/mol. The van der Waals surface area contributed by atoms with Gasteiger partial charge in [-0.3, -0.25) is 0 Å². The third-order valence-electron chi connectivity index (χ3n) is 1.84. The fourth-order valence-corrected chi connectivity index (χ4v) is 1.09. The number of hydrogen-bond acceptors (Lipinski definition) is 2. The Labute approximate surface area is 94.5 Å². The van der Waals surface area contributed by atoms with Gasteiger partial charge >= 0.3 is 12.1 Å². The molecule has 2 nitrogen and oxygen atoms in total. The van der Waals surface area contributed by atoms with Crippen molar-refractivity contribution in [2.24, 2.45) is 0 Å². The second kappa shape index (κ2) is 4.99. The number of rotatable bonds is 3. The van der Waals surface area contributed by atoms with Crippen LogP contribution in [0.5, 0.6) is 0 Å². The number of halogens is 4. The maximum Gasteiger partial charge on any atom is 0.419 e. The fraction of sp³-hybridized carbons (Fsp3) is 0.182. The van der Waals surface area contributed by atoms with Crippen molar-refractivity contribution in [2.75, 3.05) is 6.61 Å². The van der Waals surface area contributed by atoms with Crippen LogP contribution in [0.3, 0.4) is 0 Å². The van der Waals surface area contributed by atoms with Gasteiger partial charge in [0.2, 0.25) is 0 Å². The summed E-state index contributed by atoms with van der Waals surface area (Å²) in [6.07, 6.45) is -3.58. The van der Waals surface area contributed by atoms with E-state index >= 15 is 0 Å². The minimum Gasteiger partial charge on any atom is -0.458 e. The Kier molecular flexibility index (Phi) is 3.88. The third-order valence-corrected chi connectivity index (χ3v) is 1.84. The number of alkyl halides is 3. The summed E-state index contributed by atoms with van der Waals surface area (Å²) >= 11 is 0. The Balaban J connectivity index is 3.04. The first kappa shape index (κ1) is 13.2. The van der Waals surface area contributed by atoms with Crippen LogP contribution in [0.4, 0.5) is 17.6 Å². The van der Waals surface area contributed by atoms with Crippen LogP contribution in [-0.2, 0) is 10.9 Å². The van der Waals surface area contributed by atoms with Crippen molar-refractivity contribution in [3.63, 3.8) is 0 Å². The van der Waals surface area contributed by atoms with Crippen molar-refractivity contribution in [1.82, 2.24) is 0 Å². The maximum atomic E-state index is 12.9. The molecule has 1 aromatic rings. The zero-order chi connectivity index (χ0) is 13.1. The summed E-state index contributed by atoms with van der Waals surface area (Å²) in [4.78, 5) is 11.2. The van der Waals surface area contributed by atoms with Crippen molar-refractivity contribution < 1.29 is 27.1 Å². The molecule has 0 spiro atoms. The first-order valence-electron chi connectivity index (χ1n) is 4.51. The van der Waals surface area contributed by atoms with E-state index in [0.29, 0.717) is 12.1 Å². The first-order chi connectivity index (χ1) is 7.86. The Bertz CT molecular complexity index is 438. The molecule has 0 aliphatic rings. The molecule has 0 heterocycles. The normalized spacial score (nSPS) is 11.1. The van der Waals surface area contributed by atoms with Gasteiger partial charge in [0, 0.05) is 0 Å². The fourth-order valence-electron chi connectivity index (χ4n) is 1.09. The van der Waals surface area contributed by atoms with Crippen molar-refractivity contribution in [1.29, 1.82) is 0 Å². The SMILES string of the molecule is C=CCOC(=O)c1ccc(F)c(C(F)(F)F)c1. The number of esters is 1.